The van der Waals surface area contributed by atoms with E-state index in [4.69, 9.17) is 34.8 Å². The largest absolute Gasteiger partial charge is 0.478 e. The molecule has 5 rings (SSSR count). The molecule has 1 unspecified atom stereocenters. The van der Waals surface area contributed by atoms with E-state index in [1.165, 1.54) is 29.7 Å². The van der Waals surface area contributed by atoms with Crippen LogP contribution in [0.2, 0.25) is 15.1 Å². The van der Waals surface area contributed by atoms with E-state index in [2.05, 4.69) is 0 Å². The highest BCUT2D eigenvalue weighted by atomic mass is 35.5. The zero-order valence-electron chi connectivity index (χ0n) is 16.4. The predicted molar refractivity (Wildman–Crippen MR) is 123 cm³/mol. The molecule has 4 aromatic rings. The molecule has 0 bridgehead atoms. The van der Waals surface area contributed by atoms with Crippen LogP contribution in [-0.4, -0.2) is 32.4 Å². The lowest BCUT2D eigenvalue weighted by molar-refractivity contribution is -0.152. The summed E-state index contributed by atoms with van der Waals surface area (Å²) >= 11 is 19.0. The first kappa shape index (κ1) is 20.8. The van der Waals surface area contributed by atoms with Crippen molar-refractivity contribution in [2.24, 2.45) is 0 Å². The predicted octanol–water partition coefficient (Wildman–Crippen LogP) is 5.81. The Morgan fingerprint density at radius 1 is 0.875 bits per heavy atom. The maximum atomic E-state index is 13.3. The molecule has 1 N–H and O–H groups in total. The van der Waals surface area contributed by atoms with Crippen LogP contribution in [0.25, 0.3) is 21.8 Å². The van der Waals surface area contributed by atoms with Crippen molar-refractivity contribution in [1.29, 1.82) is 0 Å². The molecule has 1 aliphatic rings. The monoisotopic (exact) mass is 486 g/mol. The molecule has 0 saturated carbocycles. The molecule has 0 fully saturated rings. The number of aromatic nitrogens is 1. The van der Waals surface area contributed by atoms with E-state index in [0.717, 1.165) is 4.90 Å². The molecular weight excluding hydrogens is 475 g/mol. The number of imide groups is 1. The lowest BCUT2D eigenvalue weighted by Crippen LogP contribution is -2.56. The first-order chi connectivity index (χ1) is 15.2. The lowest BCUT2D eigenvalue weighted by Gasteiger charge is -2.36. The zero-order valence-corrected chi connectivity index (χ0v) is 18.7. The van der Waals surface area contributed by atoms with Crippen LogP contribution in [0.4, 0.5) is 0 Å². The summed E-state index contributed by atoms with van der Waals surface area (Å²) in [5, 5.41) is 12.5. The molecule has 2 heterocycles. The second-order valence-electron chi connectivity index (χ2n) is 7.60. The summed E-state index contributed by atoms with van der Waals surface area (Å²) in [6.07, 6.45) is 0. The summed E-state index contributed by atoms with van der Waals surface area (Å²) in [5.74, 6) is -2.82. The van der Waals surface area contributed by atoms with Gasteiger partial charge in [-0.1, -0.05) is 46.9 Å². The molecule has 1 aromatic heterocycles. The Bertz CT molecular complexity index is 1480. The first-order valence-electron chi connectivity index (χ1n) is 9.46. The molecule has 1 aliphatic heterocycles. The van der Waals surface area contributed by atoms with Gasteiger partial charge in [0.05, 0.1) is 27.2 Å². The van der Waals surface area contributed by atoms with Gasteiger partial charge in [0.2, 0.25) is 5.66 Å². The van der Waals surface area contributed by atoms with Crippen LogP contribution in [0, 0.1) is 0 Å². The third-order valence-electron chi connectivity index (χ3n) is 5.81. The molecule has 3 aromatic carbocycles. The fourth-order valence-corrected chi connectivity index (χ4v) is 5.12. The number of rotatable bonds is 3. The quantitative estimate of drug-likeness (QED) is 0.370. The van der Waals surface area contributed by atoms with Gasteiger partial charge in [-0.05, 0) is 49.4 Å². The Balaban J connectivity index is 1.92. The number of nitrogens with zero attached hydrogens (tertiary/aromatic N) is 2. The van der Waals surface area contributed by atoms with Gasteiger partial charge in [0, 0.05) is 20.8 Å². The third kappa shape index (κ3) is 2.64. The second kappa shape index (κ2) is 6.97. The van der Waals surface area contributed by atoms with E-state index in [1.807, 2.05) is 0 Å². The summed E-state index contributed by atoms with van der Waals surface area (Å²) < 4.78 is 1.39. The molecule has 2 amide bonds. The van der Waals surface area contributed by atoms with Gasteiger partial charge < -0.3 is 9.67 Å². The maximum Gasteiger partial charge on any atom is 0.351 e. The van der Waals surface area contributed by atoms with Crippen LogP contribution in [-0.2, 0) is 10.5 Å². The van der Waals surface area contributed by atoms with Gasteiger partial charge in [-0.15, -0.1) is 0 Å². The zero-order chi connectivity index (χ0) is 22.9. The van der Waals surface area contributed by atoms with Crippen LogP contribution in [0.1, 0.15) is 27.6 Å². The Labute approximate surface area is 196 Å². The molecule has 32 heavy (non-hydrogen) atoms. The number of benzene rings is 3. The van der Waals surface area contributed by atoms with Crippen molar-refractivity contribution in [3.8, 4) is 0 Å². The number of aliphatic carboxylic acids is 1. The standard InChI is InChI=1S/C23H13Cl3N2O4/c1-23(22(31)32,28-20(29)13-4-2-3-5-14(13)21(28)30)27-18-7-6-11(24)8-15(18)16-9-12(25)10-17(26)19(16)27/h2-10H,1H3,(H,31,32). The number of carboxylic acids is 1. The molecular formula is C23H13Cl3N2O4. The summed E-state index contributed by atoms with van der Waals surface area (Å²) in [4.78, 5) is 40.1. The van der Waals surface area contributed by atoms with Crippen molar-refractivity contribution in [3.05, 3.63) is 80.8 Å². The summed E-state index contributed by atoms with van der Waals surface area (Å²) in [6, 6.07) is 14.2. The van der Waals surface area contributed by atoms with E-state index < -0.39 is 23.4 Å². The summed E-state index contributed by atoms with van der Waals surface area (Å²) in [5.41, 5.74) is -1.12. The van der Waals surface area contributed by atoms with Gasteiger partial charge >= 0.3 is 5.97 Å². The Kier molecular flexibility index (Phi) is 4.53. The highest BCUT2D eigenvalue weighted by molar-refractivity contribution is 6.40. The SMILES string of the molecule is CC(C(=O)O)(N1C(=O)c2ccccc2C1=O)n1c2ccc(Cl)cc2c2cc(Cl)cc(Cl)c21. The van der Waals surface area contributed by atoms with Crippen molar-refractivity contribution in [1.82, 2.24) is 9.47 Å². The summed E-state index contributed by atoms with van der Waals surface area (Å²) in [6.45, 7) is 1.30. The van der Waals surface area contributed by atoms with E-state index in [0.29, 0.717) is 31.9 Å². The highest BCUT2D eigenvalue weighted by Crippen LogP contribution is 2.43. The minimum Gasteiger partial charge on any atom is -0.478 e. The van der Waals surface area contributed by atoms with E-state index in [1.54, 1.807) is 36.4 Å². The minimum atomic E-state index is -2.14. The van der Waals surface area contributed by atoms with Crippen LogP contribution >= 0.6 is 34.8 Å². The smallest absolute Gasteiger partial charge is 0.351 e. The van der Waals surface area contributed by atoms with Gasteiger partial charge in [0.1, 0.15) is 0 Å². The number of fused-ring (bicyclic) bond motifs is 4. The number of carboxylic acid groups (broad SMARTS) is 1. The molecule has 0 saturated heterocycles. The van der Waals surface area contributed by atoms with E-state index in [9.17, 15) is 19.5 Å². The molecule has 0 radical (unpaired) electrons. The average molecular weight is 488 g/mol. The van der Waals surface area contributed by atoms with E-state index >= 15 is 0 Å². The number of carbonyl (C=O) groups excluding carboxylic acids is 2. The fourth-order valence-electron chi connectivity index (χ4n) is 4.37. The fraction of sp³-hybridized carbons (Fsp3) is 0.0870. The van der Waals surface area contributed by atoms with Crippen LogP contribution in [0.5, 0.6) is 0 Å². The lowest BCUT2D eigenvalue weighted by atomic mass is 10.1. The minimum absolute atomic E-state index is 0.142. The molecule has 6 nitrogen and oxygen atoms in total. The topological polar surface area (TPSA) is 79.6 Å². The van der Waals surface area contributed by atoms with Gasteiger partial charge in [0.15, 0.2) is 0 Å². The Morgan fingerprint density at radius 2 is 1.47 bits per heavy atom. The molecule has 0 aliphatic carbocycles. The Morgan fingerprint density at radius 3 is 2.06 bits per heavy atom. The van der Waals surface area contributed by atoms with Gasteiger partial charge in [-0.25, -0.2) is 9.69 Å². The normalized spacial score (nSPS) is 15.4. The molecule has 9 heteroatoms. The van der Waals surface area contributed by atoms with Crippen molar-refractivity contribution in [2.75, 3.05) is 0 Å². The van der Waals surface area contributed by atoms with Gasteiger partial charge in [-0.3, -0.25) is 9.59 Å². The maximum absolute atomic E-state index is 13.3. The number of halogens is 3. The number of hydrogen-bond donors (Lipinski definition) is 1. The highest BCUT2D eigenvalue weighted by Gasteiger charge is 2.53. The van der Waals surface area contributed by atoms with E-state index in [-0.39, 0.29) is 16.1 Å². The van der Waals surface area contributed by atoms with Crippen molar-refractivity contribution in [2.45, 2.75) is 12.6 Å². The van der Waals surface area contributed by atoms with Crippen molar-refractivity contribution in [3.63, 3.8) is 0 Å². The van der Waals surface area contributed by atoms with Crippen LogP contribution in [0.3, 0.4) is 0 Å². The van der Waals surface area contributed by atoms with Crippen molar-refractivity contribution < 1.29 is 19.5 Å². The number of carbonyl (C=O) groups is 3. The number of hydrogen-bond acceptors (Lipinski definition) is 3. The average Bonchev–Trinajstić information content (AvgIpc) is 3.20. The van der Waals surface area contributed by atoms with Crippen molar-refractivity contribution >= 4 is 74.4 Å². The van der Waals surface area contributed by atoms with Gasteiger partial charge in [0.25, 0.3) is 11.8 Å². The number of amides is 2. The second-order valence-corrected chi connectivity index (χ2v) is 8.88. The third-order valence-corrected chi connectivity index (χ3v) is 6.55. The molecule has 1 atom stereocenters. The van der Waals surface area contributed by atoms with Crippen LogP contribution in [0.15, 0.2) is 54.6 Å². The van der Waals surface area contributed by atoms with Gasteiger partial charge in [-0.2, -0.15) is 0 Å². The van der Waals surface area contributed by atoms with Crippen LogP contribution < -0.4 is 0 Å². The molecule has 0 spiro atoms. The molecule has 160 valence electrons. The summed E-state index contributed by atoms with van der Waals surface area (Å²) in [7, 11) is 0. The first-order valence-corrected chi connectivity index (χ1v) is 10.6. The Hall–Kier alpha value is -3.06.